The molecule has 8 aliphatic rings. The molecule has 5 aliphatic carbocycles. The molecule has 3 saturated heterocycles. The van der Waals surface area contributed by atoms with Gasteiger partial charge in [-0.05, 0) is 66.6 Å². The first-order chi connectivity index (χ1) is 16.7. The second-order valence-electron chi connectivity index (χ2n) is 12.2. The van der Waals surface area contributed by atoms with E-state index in [1.165, 1.54) is 19.3 Å². The maximum Gasteiger partial charge on any atom is 0.0771 e. The molecule has 10 unspecified atom stereocenters. The molecule has 0 N–H and O–H groups in total. The lowest BCUT2D eigenvalue weighted by molar-refractivity contribution is -0.0862. The molecular weight excluding hydrogens is 432 g/mol. The van der Waals surface area contributed by atoms with Crippen LogP contribution in [0.5, 0.6) is 0 Å². The van der Waals surface area contributed by atoms with E-state index < -0.39 is 0 Å². The summed E-state index contributed by atoms with van der Waals surface area (Å²) in [5.74, 6) is 7.35. The Morgan fingerprint density at radius 2 is 1.18 bits per heavy atom. The first kappa shape index (κ1) is 22.9. The second-order valence-corrected chi connectivity index (χ2v) is 12.2. The molecule has 0 aromatic rings. The number of nitrogens with zero attached hydrogens (tertiary/aromatic N) is 2. The average Bonchev–Trinajstić information content (AvgIpc) is 3.50. The SMILES string of the molecule is COCCN1CCOCCOCCN(CCOC)CCC23OC4(CC1)C1C5CC(C6C5C4C62)C13. The lowest BCUT2D eigenvalue weighted by atomic mass is 9.54. The highest BCUT2D eigenvalue weighted by atomic mass is 16.5. The van der Waals surface area contributed by atoms with Crippen LogP contribution in [-0.4, -0.2) is 114 Å². The number of methoxy groups -OCH3 is 2. The van der Waals surface area contributed by atoms with Gasteiger partial charge in [0, 0.05) is 53.5 Å². The topological polar surface area (TPSA) is 52.6 Å². The van der Waals surface area contributed by atoms with E-state index >= 15 is 0 Å². The predicted octanol–water partition coefficient (Wildman–Crippen LogP) is 1.61. The summed E-state index contributed by atoms with van der Waals surface area (Å²) in [6, 6.07) is 0. The highest BCUT2D eigenvalue weighted by Gasteiger charge is 2.96. The number of hydrogen-bond donors (Lipinski definition) is 0. The van der Waals surface area contributed by atoms with Crippen molar-refractivity contribution in [3.63, 3.8) is 0 Å². The van der Waals surface area contributed by atoms with Crippen molar-refractivity contribution in [2.45, 2.75) is 30.5 Å². The van der Waals surface area contributed by atoms with Gasteiger partial charge in [0.05, 0.1) is 50.8 Å². The van der Waals surface area contributed by atoms with Crippen molar-refractivity contribution in [3.05, 3.63) is 0 Å². The van der Waals surface area contributed by atoms with Gasteiger partial charge >= 0.3 is 0 Å². The summed E-state index contributed by atoms with van der Waals surface area (Å²) in [6.45, 7) is 10.6. The van der Waals surface area contributed by atoms with Crippen molar-refractivity contribution in [2.75, 3.05) is 93.1 Å². The van der Waals surface area contributed by atoms with Crippen molar-refractivity contribution in [3.8, 4) is 0 Å². The molecule has 3 heterocycles. The van der Waals surface area contributed by atoms with Gasteiger partial charge in [-0.3, -0.25) is 9.80 Å². The molecular formula is C27H44N2O5. The fraction of sp³-hybridized carbons (Fsp3) is 1.00. The third kappa shape index (κ3) is 2.95. The maximum atomic E-state index is 7.50. The van der Waals surface area contributed by atoms with E-state index in [2.05, 4.69) is 9.80 Å². The minimum atomic E-state index is 0.174. The highest BCUT2D eigenvalue weighted by Crippen LogP contribution is 2.93. The molecule has 0 amide bonds. The number of ether oxygens (including phenoxy) is 5. The summed E-state index contributed by atoms with van der Waals surface area (Å²) in [6.07, 6.45) is 3.94. The van der Waals surface area contributed by atoms with Gasteiger partial charge in [0.2, 0.25) is 0 Å². The van der Waals surface area contributed by atoms with Gasteiger partial charge in [0.25, 0.3) is 0 Å². The van der Waals surface area contributed by atoms with Crippen LogP contribution >= 0.6 is 0 Å². The van der Waals surface area contributed by atoms with Gasteiger partial charge in [-0.15, -0.1) is 0 Å². The maximum absolute atomic E-state index is 7.50. The summed E-state index contributed by atoms with van der Waals surface area (Å²) in [7, 11) is 3.61. The number of hydrogen-bond acceptors (Lipinski definition) is 7. The quantitative estimate of drug-likeness (QED) is 0.577. The van der Waals surface area contributed by atoms with Gasteiger partial charge in [-0.25, -0.2) is 0 Å². The van der Waals surface area contributed by atoms with Crippen LogP contribution < -0.4 is 0 Å². The Hall–Kier alpha value is -0.280. The molecule has 34 heavy (non-hydrogen) atoms. The summed E-state index contributed by atoms with van der Waals surface area (Å²) >= 11 is 0. The Balaban J connectivity index is 1.14. The minimum absolute atomic E-state index is 0.174. The van der Waals surface area contributed by atoms with Gasteiger partial charge in [0.1, 0.15) is 0 Å². The van der Waals surface area contributed by atoms with E-state index in [1.54, 1.807) is 0 Å². The molecule has 2 spiro atoms. The molecule has 4 bridgehead atoms. The van der Waals surface area contributed by atoms with E-state index in [4.69, 9.17) is 23.7 Å². The fourth-order valence-corrected chi connectivity index (χ4v) is 10.8. The van der Waals surface area contributed by atoms with E-state index in [1.807, 2.05) is 14.2 Å². The third-order valence-electron chi connectivity index (χ3n) is 11.5. The van der Waals surface area contributed by atoms with Crippen LogP contribution in [-0.2, 0) is 23.7 Å². The van der Waals surface area contributed by atoms with Gasteiger partial charge in [0.15, 0.2) is 0 Å². The molecule has 8 fully saturated rings. The molecule has 192 valence electrons. The Bertz CT molecular complexity index is 705. The molecule has 5 saturated carbocycles. The van der Waals surface area contributed by atoms with E-state index in [9.17, 15) is 0 Å². The molecule has 8 rings (SSSR count). The lowest BCUT2D eigenvalue weighted by Gasteiger charge is -2.48. The fourth-order valence-electron chi connectivity index (χ4n) is 10.8. The molecule has 0 aromatic heterocycles. The smallest absolute Gasteiger partial charge is 0.0771 e. The molecule has 10 atom stereocenters. The Morgan fingerprint density at radius 3 is 1.65 bits per heavy atom. The van der Waals surface area contributed by atoms with Crippen LogP contribution in [0.1, 0.15) is 19.3 Å². The van der Waals surface area contributed by atoms with Crippen molar-refractivity contribution in [2.24, 2.45) is 47.3 Å². The first-order valence-electron chi connectivity index (χ1n) is 14.0. The van der Waals surface area contributed by atoms with Gasteiger partial charge in [-0.2, -0.15) is 0 Å². The Kier molecular flexibility index (Phi) is 5.82. The number of rotatable bonds is 6. The van der Waals surface area contributed by atoms with Crippen LogP contribution in [0.4, 0.5) is 0 Å². The third-order valence-corrected chi connectivity index (χ3v) is 11.5. The first-order valence-corrected chi connectivity index (χ1v) is 14.0. The zero-order chi connectivity index (χ0) is 22.9. The summed E-state index contributed by atoms with van der Waals surface area (Å²) in [4.78, 5) is 5.12. The van der Waals surface area contributed by atoms with E-state index in [0.717, 1.165) is 113 Å². The largest absolute Gasteiger partial charge is 0.383 e. The van der Waals surface area contributed by atoms with Crippen molar-refractivity contribution in [1.82, 2.24) is 9.80 Å². The summed E-state index contributed by atoms with van der Waals surface area (Å²) in [5.41, 5.74) is 0.347. The van der Waals surface area contributed by atoms with Gasteiger partial charge < -0.3 is 23.7 Å². The van der Waals surface area contributed by atoms with Crippen LogP contribution in [0.15, 0.2) is 0 Å². The average molecular weight is 477 g/mol. The normalized spacial score (nSPS) is 52.1. The highest BCUT2D eigenvalue weighted by molar-refractivity contribution is 5.43. The molecule has 0 aromatic carbocycles. The Labute approximate surface area is 204 Å². The second kappa shape index (κ2) is 8.64. The van der Waals surface area contributed by atoms with E-state index in [-0.39, 0.29) is 11.2 Å². The zero-order valence-corrected chi connectivity index (χ0v) is 21.2. The minimum Gasteiger partial charge on any atom is -0.383 e. The standard InChI is InChI=1S/C27H44N2O5/c1-30-11-7-28-5-3-26-22-18-17-19-21-20(18)24(26)25(21)27(34-26,23(19)22)4-6-29(8-12-31-2)10-14-33-16-15-32-13-9-28/h18-25H,3-17H2,1-2H3. The summed E-state index contributed by atoms with van der Waals surface area (Å²) < 4.78 is 30.2. The zero-order valence-electron chi connectivity index (χ0n) is 21.2. The van der Waals surface area contributed by atoms with E-state index in [0.29, 0.717) is 13.2 Å². The van der Waals surface area contributed by atoms with Crippen LogP contribution in [0.3, 0.4) is 0 Å². The van der Waals surface area contributed by atoms with Crippen molar-refractivity contribution in [1.29, 1.82) is 0 Å². The molecule has 7 heteroatoms. The lowest BCUT2D eigenvalue weighted by Crippen LogP contribution is -2.53. The molecule has 3 aliphatic heterocycles. The predicted molar refractivity (Wildman–Crippen MR) is 127 cm³/mol. The monoisotopic (exact) mass is 476 g/mol. The molecule has 0 radical (unpaired) electrons. The summed E-state index contributed by atoms with van der Waals surface area (Å²) in [5, 5.41) is 0. The Morgan fingerprint density at radius 1 is 0.676 bits per heavy atom. The van der Waals surface area contributed by atoms with Crippen molar-refractivity contribution < 1.29 is 23.7 Å². The van der Waals surface area contributed by atoms with Crippen molar-refractivity contribution >= 4 is 0 Å². The van der Waals surface area contributed by atoms with Crippen LogP contribution in [0.2, 0.25) is 0 Å². The van der Waals surface area contributed by atoms with Gasteiger partial charge in [-0.1, -0.05) is 0 Å². The molecule has 7 nitrogen and oxygen atoms in total. The van der Waals surface area contributed by atoms with Crippen LogP contribution in [0, 0.1) is 47.3 Å². The van der Waals surface area contributed by atoms with Crippen LogP contribution in [0.25, 0.3) is 0 Å².